The standard InChI is InChI=1S/C18H18ClNO3S2/c1-25(21,22)23-11-3-2-4-13-5-10-16-17(12-13)24-20-18(16)14-6-8-15(19)9-7-14/h5-10,12H,2-4,11H2,1H3. The molecule has 4 nitrogen and oxygen atoms in total. The summed E-state index contributed by atoms with van der Waals surface area (Å²) >= 11 is 7.44. The first-order valence-electron chi connectivity index (χ1n) is 7.91. The van der Waals surface area contributed by atoms with Gasteiger partial charge in [-0.1, -0.05) is 35.9 Å². The number of fused-ring (bicyclic) bond motifs is 1. The molecule has 0 saturated carbocycles. The molecule has 0 aliphatic rings. The molecule has 1 aromatic heterocycles. The first-order chi connectivity index (χ1) is 11.9. The molecule has 2 aromatic carbocycles. The van der Waals surface area contributed by atoms with Gasteiger partial charge in [0.15, 0.2) is 0 Å². The van der Waals surface area contributed by atoms with Crippen LogP contribution in [0.2, 0.25) is 5.02 Å². The van der Waals surface area contributed by atoms with Crippen LogP contribution in [0.25, 0.3) is 21.3 Å². The summed E-state index contributed by atoms with van der Waals surface area (Å²) < 4.78 is 32.3. The lowest BCUT2D eigenvalue weighted by Crippen LogP contribution is -2.04. The largest absolute Gasteiger partial charge is 0.270 e. The number of hydrogen-bond donors (Lipinski definition) is 0. The summed E-state index contributed by atoms with van der Waals surface area (Å²) in [5.74, 6) is 0. The molecule has 0 radical (unpaired) electrons. The molecule has 7 heteroatoms. The molecule has 0 bridgehead atoms. The monoisotopic (exact) mass is 395 g/mol. The maximum absolute atomic E-state index is 10.9. The smallest absolute Gasteiger partial charge is 0.264 e. The molecular formula is C18H18ClNO3S2. The van der Waals surface area contributed by atoms with Crippen LogP contribution in [0.5, 0.6) is 0 Å². The minimum absolute atomic E-state index is 0.238. The second-order valence-corrected chi connectivity index (χ2v) is 8.74. The highest BCUT2D eigenvalue weighted by molar-refractivity contribution is 7.85. The molecule has 25 heavy (non-hydrogen) atoms. The van der Waals surface area contributed by atoms with Crippen molar-refractivity contribution >= 4 is 43.3 Å². The zero-order valence-electron chi connectivity index (χ0n) is 13.7. The van der Waals surface area contributed by atoms with Gasteiger partial charge >= 0.3 is 0 Å². The maximum Gasteiger partial charge on any atom is 0.264 e. The maximum atomic E-state index is 10.9. The zero-order chi connectivity index (χ0) is 17.9. The lowest BCUT2D eigenvalue weighted by molar-refractivity contribution is 0.312. The molecule has 3 rings (SSSR count). The molecule has 0 atom stereocenters. The number of hydrogen-bond acceptors (Lipinski definition) is 5. The highest BCUT2D eigenvalue weighted by Gasteiger charge is 2.09. The summed E-state index contributed by atoms with van der Waals surface area (Å²) in [6.07, 6.45) is 3.55. The Kier molecular flexibility index (Phi) is 5.74. The van der Waals surface area contributed by atoms with E-state index in [2.05, 4.69) is 22.6 Å². The Morgan fingerprint density at radius 1 is 1.12 bits per heavy atom. The lowest BCUT2D eigenvalue weighted by atomic mass is 10.0. The van der Waals surface area contributed by atoms with Crippen LogP contribution in [0.3, 0.4) is 0 Å². The van der Waals surface area contributed by atoms with Crippen molar-refractivity contribution in [3.05, 3.63) is 53.1 Å². The quantitative estimate of drug-likeness (QED) is 0.421. The van der Waals surface area contributed by atoms with Gasteiger partial charge in [-0.05, 0) is 54.6 Å². The predicted octanol–water partition coefficient (Wildman–Crippen LogP) is 4.92. The van der Waals surface area contributed by atoms with Crippen molar-refractivity contribution in [3.63, 3.8) is 0 Å². The van der Waals surface area contributed by atoms with Gasteiger partial charge in [-0.3, -0.25) is 4.18 Å². The van der Waals surface area contributed by atoms with E-state index in [9.17, 15) is 8.42 Å². The van der Waals surface area contributed by atoms with Crippen molar-refractivity contribution in [1.29, 1.82) is 0 Å². The van der Waals surface area contributed by atoms with Crippen molar-refractivity contribution < 1.29 is 12.6 Å². The van der Waals surface area contributed by atoms with Crippen LogP contribution in [-0.2, 0) is 20.7 Å². The molecule has 1 heterocycles. The summed E-state index contributed by atoms with van der Waals surface area (Å²) in [6.45, 7) is 0.238. The number of unbranched alkanes of at least 4 members (excludes halogenated alkanes) is 1. The topological polar surface area (TPSA) is 56.3 Å². The van der Waals surface area contributed by atoms with Gasteiger partial charge in [0.2, 0.25) is 0 Å². The second kappa shape index (κ2) is 7.83. The Labute approximate surface area is 156 Å². The lowest BCUT2D eigenvalue weighted by Gasteiger charge is -2.03. The molecular weight excluding hydrogens is 378 g/mol. The van der Waals surface area contributed by atoms with E-state index in [0.29, 0.717) is 11.4 Å². The second-order valence-electron chi connectivity index (χ2n) is 5.85. The SMILES string of the molecule is CS(=O)(=O)OCCCCc1ccc2c(-c3ccc(Cl)cc3)nsc2c1. The Morgan fingerprint density at radius 2 is 1.88 bits per heavy atom. The van der Waals surface area contributed by atoms with Crippen LogP contribution in [-0.4, -0.2) is 25.7 Å². The van der Waals surface area contributed by atoms with Crippen LogP contribution in [0.15, 0.2) is 42.5 Å². The highest BCUT2D eigenvalue weighted by atomic mass is 35.5. The summed E-state index contributed by atoms with van der Waals surface area (Å²) in [5.41, 5.74) is 3.25. The molecule has 0 aliphatic heterocycles. The molecule has 3 aromatic rings. The number of halogens is 1. The fourth-order valence-corrected chi connectivity index (χ4v) is 4.00. The van der Waals surface area contributed by atoms with Gasteiger partial charge in [0.05, 0.1) is 23.3 Å². The van der Waals surface area contributed by atoms with E-state index in [1.54, 1.807) is 0 Å². The third-order valence-corrected chi connectivity index (χ3v) is 5.47. The fraction of sp³-hybridized carbons (Fsp3) is 0.278. The average Bonchev–Trinajstić information content (AvgIpc) is 2.97. The summed E-state index contributed by atoms with van der Waals surface area (Å²) in [6, 6.07) is 14.1. The molecule has 132 valence electrons. The minimum Gasteiger partial charge on any atom is -0.270 e. The van der Waals surface area contributed by atoms with E-state index in [-0.39, 0.29) is 6.61 Å². The number of aryl methyl sites for hydroxylation is 1. The molecule has 0 saturated heterocycles. The van der Waals surface area contributed by atoms with Gasteiger partial charge < -0.3 is 0 Å². The fourth-order valence-electron chi connectivity index (χ4n) is 2.59. The first-order valence-corrected chi connectivity index (χ1v) is 10.9. The Bertz CT molecular complexity index is 966. The Balaban J connectivity index is 1.66. The van der Waals surface area contributed by atoms with Gasteiger partial charge in [0.25, 0.3) is 10.1 Å². The van der Waals surface area contributed by atoms with Crippen LogP contribution in [0.4, 0.5) is 0 Å². The molecule has 0 aliphatic carbocycles. The molecule has 0 amide bonds. The van der Waals surface area contributed by atoms with Crippen LogP contribution in [0, 0.1) is 0 Å². The van der Waals surface area contributed by atoms with Crippen LogP contribution < -0.4 is 0 Å². The number of benzene rings is 2. The number of aromatic nitrogens is 1. The third-order valence-electron chi connectivity index (χ3n) is 3.81. The Hall–Kier alpha value is -1.47. The summed E-state index contributed by atoms with van der Waals surface area (Å²) in [5, 5.41) is 1.85. The van der Waals surface area contributed by atoms with Crippen LogP contribution in [0.1, 0.15) is 18.4 Å². The van der Waals surface area contributed by atoms with Gasteiger partial charge in [0, 0.05) is 16.0 Å². The molecule has 0 spiro atoms. The van der Waals surface area contributed by atoms with Gasteiger partial charge in [-0.15, -0.1) is 0 Å². The van der Waals surface area contributed by atoms with Crippen molar-refractivity contribution in [2.24, 2.45) is 0 Å². The van der Waals surface area contributed by atoms with E-state index in [4.69, 9.17) is 15.8 Å². The summed E-state index contributed by atoms with van der Waals surface area (Å²) in [7, 11) is -3.34. The van der Waals surface area contributed by atoms with E-state index in [1.807, 2.05) is 24.3 Å². The zero-order valence-corrected chi connectivity index (χ0v) is 16.1. The van der Waals surface area contributed by atoms with Crippen molar-refractivity contribution in [1.82, 2.24) is 4.37 Å². The van der Waals surface area contributed by atoms with E-state index >= 15 is 0 Å². The highest BCUT2D eigenvalue weighted by Crippen LogP contribution is 2.32. The van der Waals surface area contributed by atoms with Crippen LogP contribution >= 0.6 is 23.1 Å². The average molecular weight is 396 g/mol. The number of rotatable bonds is 7. The summed E-state index contributed by atoms with van der Waals surface area (Å²) in [4.78, 5) is 0. The minimum atomic E-state index is -3.34. The molecule has 0 unspecified atom stereocenters. The third kappa shape index (κ3) is 5.01. The van der Waals surface area contributed by atoms with E-state index in [0.717, 1.165) is 40.4 Å². The Morgan fingerprint density at radius 3 is 2.60 bits per heavy atom. The van der Waals surface area contributed by atoms with Crippen molar-refractivity contribution in [2.45, 2.75) is 19.3 Å². The van der Waals surface area contributed by atoms with Gasteiger partial charge in [0.1, 0.15) is 0 Å². The molecule has 0 N–H and O–H groups in total. The first kappa shape index (κ1) is 18.3. The van der Waals surface area contributed by atoms with E-state index in [1.165, 1.54) is 17.1 Å². The van der Waals surface area contributed by atoms with E-state index < -0.39 is 10.1 Å². The molecule has 0 fully saturated rings. The normalized spacial score (nSPS) is 11.9. The van der Waals surface area contributed by atoms with Crippen molar-refractivity contribution in [2.75, 3.05) is 12.9 Å². The van der Waals surface area contributed by atoms with Crippen molar-refractivity contribution in [3.8, 4) is 11.3 Å². The predicted molar refractivity (Wildman–Crippen MR) is 104 cm³/mol. The van der Waals surface area contributed by atoms with Gasteiger partial charge in [-0.25, -0.2) is 0 Å². The van der Waals surface area contributed by atoms with Gasteiger partial charge in [-0.2, -0.15) is 12.8 Å². The number of nitrogens with zero attached hydrogens (tertiary/aromatic N) is 1.